The van der Waals surface area contributed by atoms with Crippen LogP contribution in [0.15, 0.2) is 47.0 Å². The lowest BCUT2D eigenvalue weighted by atomic mass is 10.1. The standard InChI is InChI=1S/C21H22N4O5/c1-13-4-6-14(7-5-13)21(27)24-23-18(26)10-11-19-22-20(25-30-19)15-8-9-16(28-2)17(12-15)29-3/h4-9,12H,10-11H2,1-3H3,(H,23,26)(H,24,27). The van der Waals surface area contributed by atoms with Gasteiger partial charge in [0.2, 0.25) is 17.6 Å². The molecule has 2 N–H and O–H groups in total. The largest absolute Gasteiger partial charge is 0.493 e. The molecule has 0 aliphatic rings. The maximum absolute atomic E-state index is 12.0. The average Bonchev–Trinajstić information content (AvgIpc) is 3.25. The summed E-state index contributed by atoms with van der Waals surface area (Å²) in [5.41, 5.74) is 6.94. The molecule has 2 aromatic carbocycles. The maximum Gasteiger partial charge on any atom is 0.269 e. The lowest BCUT2D eigenvalue weighted by Gasteiger charge is -2.07. The van der Waals surface area contributed by atoms with Crippen LogP contribution in [0.4, 0.5) is 0 Å². The average molecular weight is 410 g/mol. The third-order valence-corrected chi connectivity index (χ3v) is 4.30. The summed E-state index contributed by atoms with van der Waals surface area (Å²) in [4.78, 5) is 28.3. The number of hydrogen-bond acceptors (Lipinski definition) is 7. The Balaban J connectivity index is 1.52. The molecule has 0 radical (unpaired) electrons. The molecular formula is C21H22N4O5. The van der Waals surface area contributed by atoms with Gasteiger partial charge >= 0.3 is 0 Å². The molecule has 1 heterocycles. The molecule has 0 unspecified atom stereocenters. The van der Waals surface area contributed by atoms with Crippen LogP contribution in [-0.2, 0) is 11.2 Å². The molecule has 0 spiro atoms. The Labute approximate surface area is 173 Å². The predicted molar refractivity (Wildman–Crippen MR) is 108 cm³/mol. The third kappa shape index (κ3) is 5.13. The number of nitrogens with one attached hydrogen (secondary N) is 2. The highest BCUT2D eigenvalue weighted by Crippen LogP contribution is 2.31. The second kappa shape index (κ2) is 9.55. The highest BCUT2D eigenvalue weighted by atomic mass is 16.5. The van der Waals surface area contributed by atoms with Crippen LogP contribution in [0, 0.1) is 6.92 Å². The van der Waals surface area contributed by atoms with Crippen molar-refractivity contribution in [3.05, 3.63) is 59.5 Å². The number of hydrogen-bond donors (Lipinski definition) is 2. The zero-order valence-corrected chi connectivity index (χ0v) is 16.9. The molecule has 0 aliphatic heterocycles. The first-order valence-corrected chi connectivity index (χ1v) is 9.21. The molecule has 3 rings (SSSR count). The lowest BCUT2D eigenvalue weighted by Crippen LogP contribution is -2.41. The van der Waals surface area contributed by atoms with Gasteiger partial charge in [-0.3, -0.25) is 20.4 Å². The van der Waals surface area contributed by atoms with Crippen LogP contribution in [0.1, 0.15) is 28.2 Å². The van der Waals surface area contributed by atoms with Gasteiger partial charge in [0, 0.05) is 24.0 Å². The summed E-state index contributed by atoms with van der Waals surface area (Å²) in [6.45, 7) is 1.93. The van der Waals surface area contributed by atoms with Crippen LogP contribution < -0.4 is 20.3 Å². The van der Waals surface area contributed by atoms with Gasteiger partial charge in [-0.05, 0) is 37.3 Å². The molecule has 9 heteroatoms. The van der Waals surface area contributed by atoms with E-state index in [4.69, 9.17) is 14.0 Å². The van der Waals surface area contributed by atoms with E-state index in [0.29, 0.717) is 34.3 Å². The Hall–Kier alpha value is -3.88. The minimum Gasteiger partial charge on any atom is -0.493 e. The first-order chi connectivity index (χ1) is 14.5. The van der Waals surface area contributed by atoms with Crippen molar-refractivity contribution >= 4 is 11.8 Å². The number of carbonyl (C=O) groups is 2. The van der Waals surface area contributed by atoms with Crippen molar-refractivity contribution in [2.24, 2.45) is 0 Å². The summed E-state index contributed by atoms with van der Waals surface area (Å²) in [6.07, 6.45) is 0.300. The molecule has 0 aliphatic carbocycles. The van der Waals surface area contributed by atoms with Crippen LogP contribution in [-0.4, -0.2) is 36.2 Å². The quantitative estimate of drug-likeness (QED) is 0.575. The Morgan fingerprint density at radius 1 is 1.00 bits per heavy atom. The fourth-order valence-electron chi connectivity index (χ4n) is 2.64. The Bertz CT molecular complexity index is 1030. The van der Waals surface area contributed by atoms with Gasteiger partial charge in [-0.25, -0.2) is 0 Å². The summed E-state index contributed by atoms with van der Waals surface area (Å²) < 4.78 is 15.7. The topological polar surface area (TPSA) is 116 Å². The van der Waals surface area contributed by atoms with E-state index in [1.807, 2.05) is 19.1 Å². The van der Waals surface area contributed by atoms with E-state index in [0.717, 1.165) is 5.56 Å². The number of rotatable bonds is 7. The fourth-order valence-corrected chi connectivity index (χ4v) is 2.64. The van der Waals surface area contributed by atoms with E-state index in [1.165, 1.54) is 0 Å². The Kier molecular flexibility index (Phi) is 6.63. The van der Waals surface area contributed by atoms with Gasteiger partial charge in [0.25, 0.3) is 5.91 Å². The van der Waals surface area contributed by atoms with Gasteiger partial charge in [-0.1, -0.05) is 22.9 Å². The minimum absolute atomic E-state index is 0.0712. The highest BCUT2D eigenvalue weighted by Gasteiger charge is 2.14. The van der Waals surface area contributed by atoms with Gasteiger partial charge in [-0.15, -0.1) is 0 Å². The minimum atomic E-state index is -0.392. The summed E-state index contributed by atoms with van der Waals surface area (Å²) in [7, 11) is 3.09. The second-order valence-electron chi connectivity index (χ2n) is 6.45. The zero-order chi connectivity index (χ0) is 21.5. The van der Waals surface area contributed by atoms with E-state index < -0.39 is 5.91 Å². The molecule has 2 amide bonds. The van der Waals surface area contributed by atoms with Crippen molar-refractivity contribution in [1.29, 1.82) is 0 Å². The van der Waals surface area contributed by atoms with E-state index in [2.05, 4.69) is 21.0 Å². The highest BCUT2D eigenvalue weighted by molar-refractivity contribution is 5.95. The number of ether oxygens (including phenoxy) is 2. The van der Waals surface area contributed by atoms with Crippen molar-refractivity contribution in [1.82, 2.24) is 21.0 Å². The van der Waals surface area contributed by atoms with Crippen LogP contribution in [0.3, 0.4) is 0 Å². The normalized spacial score (nSPS) is 10.4. The number of nitrogens with zero attached hydrogens (tertiary/aromatic N) is 2. The monoisotopic (exact) mass is 410 g/mol. The number of amides is 2. The molecule has 9 nitrogen and oxygen atoms in total. The molecule has 30 heavy (non-hydrogen) atoms. The molecule has 156 valence electrons. The van der Waals surface area contributed by atoms with Crippen LogP contribution >= 0.6 is 0 Å². The van der Waals surface area contributed by atoms with Crippen molar-refractivity contribution in [2.75, 3.05) is 14.2 Å². The molecule has 3 aromatic rings. The third-order valence-electron chi connectivity index (χ3n) is 4.30. The van der Waals surface area contributed by atoms with Crippen molar-refractivity contribution in [3.8, 4) is 22.9 Å². The number of benzene rings is 2. The number of aryl methyl sites for hydroxylation is 2. The van der Waals surface area contributed by atoms with Gasteiger partial charge in [0.05, 0.1) is 14.2 Å². The first kappa shape index (κ1) is 20.8. The summed E-state index contributed by atoms with van der Waals surface area (Å²) in [5, 5.41) is 3.93. The fraction of sp³-hybridized carbons (Fsp3) is 0.238. The van der Waals surface area contributed by atoms with Crippen molar-refractivity contribution in [3.63, 3.8) is 0 Å². The van der Waals surface area contributed by atoms with E-state index in [1.54, 1.807) is 44.6 Å². The van der Waals surface area contributed by atoms with Crippen LogP contribution in [0.5, 0.6) is 11.5 Å². The van der Waals surface area contributed by atoms with Crippen molar-refractivity contribution in [2.45, 2.75) is 19.8 Å². The maximum atomic E-state index is 12.0. The van der Waals surface area contributed by atoms with Gasteiger partial charge < -0.3 is 14.0 Å². The summed E-state index contributed by atoms with van der Waals surface area (Å²) in [5.74, 6) is 1.05. The Morgan fingerprint density at radius 2 is 1.73 bits per heavy atom. The van der Waals surface area contributed by atoms with Gasteiger partial charge in [-0.2, -0.15) is 4.98 Å². The first-order valence-electron chi connectivity index (χ1n) is 9.21. The SMILES string of the molecule is COc1ccc(-c2noc(CCC(=O)NNC(=O)c3ccc(C)cc3)n2)cc1OC. The zero-order valence-electron chi connectivity index (χ0n) is 16.9. The predicted octanol–water partition coefficient (Wildman–Crippen LogP) is 2.46. The molecule has 0 atom stereocenters. The van der Waals surface area contributed by atoms with Crippen molar-refractivity contribution < 1.29 is 23.6 Å². The second-order valence-corrected chi connectivity index (χ2v) is 6.45. The van der Waals surface area contributed by atoms with Crippen LogP contribution in [0.25, 0.3) is 11.4 Å². The lowest BCUT2D eigenvalue weighted by molar-refractivity contribution is -0.121. The number of aromatic nitrogens is 2. The number of methoxy groups -OCH3 is 2. The summed E-state index contributed by atoms with van der Waals surface area (Å²) in [6, 6.07) is 12.3. The molecule has 1 aromatic heterocycles. The molecule has 0 saturated carbocycles. The summed E-state index contributed by atoms with van der Waals surface area (Å²) >= 11 is 0. The van der Waals surface area contributed by atoms with Gasteiger partial charge in [0.15, 0.2) is 11.5 Å². The molecule has 0 bridgehead atoms. The van der Waals surface area contributed by atoms with Crippen LogP contribution in [0.2, 0.25) is 0 Å². The Morgan fingerprint density at radius 3 is 2.43 bits per heavy atom. The smallest absolute Gasteiger partial charge is 0.269 e. The van der Waals surface area contributed by atoms with Gasteiger partial charge in [0.1, 0.15) is 0 Å². The van der Waals surface area contributed by atoms with E-state index in [9.17, 15) is 9.59 Å². The van der Waals surface area contributed by atoms with E-state index >= 15 is 0 Å². The number of carbonyl (C=O) groups excluding carboxylic acids is 2. The number of hydrazine groups is 1. The van der Waals surface area contributed by atoms with E-state index in [-0.39, 0.29) is 18.7 Å². The molecule has 0 saturated heterocycles. The molecular weight excluding hydrogens is 388 g/mol. The molecule has 0 fully saturated rings.